The normalized spacial score (nSPS) is 10.9. The second-order valence-electron chi connectivity index (χ2n) is 6.80. The summed E-state index contributed by atoms with van der Waals surface area (Å²) in [6.07, 6.45) is 2.70. The standard InChI is InChI=1S/C22H17Cl2N3O4S/c1-12-3-6-18(27(29)30)21(13(12)2)26-22(32)25-20(28)8-5-17-4-7-19(31-17)14-9-15(23)11-16(24)10-14/h3-11H,1-2H3,(H2,25,26,28,32)/b8-5+. The van der Waals surface area contributed by atoms with Crippen LogP contribution < -0.4 is 10.6 Å². The number of hydrogen-bond donors (Lipinski definition) is 2. The summed E-state index contributed by atoms with van der Waals surface area (Å²) in [5.41, 5.74) is 2.31. The van der Waals surface area contributed by atoms with Gasteiger partial charge in [-0.2, -0.15) is 0 Å². The van der Waals surface area contributed by atoms with Crippen LogP contribution in [0.1, 0.15) is 16.9 Å². The molecule has 0 radical (unpaired) electrons. The number of furan rings is 1. The third-order valence-corrected chi connectivity index (χ3v) is 5.20. The quantitative estimate of drug-likeness (QED) is 0.188. The smallest absolute Gasteiger partial charge is 0.293 e. The van der Waals surface area contributed by atoms with E-state index in [4.69, 9.17) is 39.8 Å². The van der Waals surface area contributed by atoms with Gasteiger partial charge in [-0.15, -0.1) is 0 Å². The van der Waals surface area contributed by atoms with E-state index in [1.54, 1.807) is 43.3 Å². The van der Waals surface area contributed by atoms with E-state index in [1.807, 2.05) is 6.92 Å². The fourth-order valence-electron chi connectivity index (χ4n) is 2.86. The minimum Gasteiger partial charge on any atom is -0.457 e. The van der Waals surface area contributed by atoms with Gasteiger partial charge in [0.25, 0.3) is 5.69 Å². The zero-order chi connectivity index (χ0) is 23.4. The van der Waals surface area contributed by atoms with E-state index >= 15 is 0 Å². The molecule has 0 bridgehead atoms. The minimum absolute atomic E-state index is 0.0647. The Hall–Kier alpha value is -3.20. The number of amides is 1. The van der Waals surface area contributed by atoms with Crippen molar-refractivity contribution in [1.82, 2.24) is 5.32 Å². The first-order chi connectivity index (χ1) is 15.1. The van der Waals surface area contributed by atoms with Crippen molar-refractivity contribution < 1.29 is 14.1 Å². The number of benzene rings is 2. The molecule has 0 fully saturated rings. The van der Waals surface area contributed by atoms with Crippen molar-refractivity contribution in [3.8, 4) is 11.3 Å². The first-order valence-corrected chi connectivity index (χ1v) is 10.4. The Labute approximate surface area is 199 Å². The Morgan fingerprint density at radius 2 is 1.81 bits per heavy atom. The van der Waals surface area contributed by atoms with E-state index in [0.717, 1.165) is 5.56 Å². The Morgan fingerprint density at radius 1 is 1.12 bits per heavy atom. The molecule has 0 aliphatic rings. The van der Waals surface area contributed by atoms with Crippen molar-refractivity contribution in [1.29, 1.82) is 0 Å². The van der Waals surface area contributed by atoms with Gasteiger partial charge in [0.2, 0.25) is 5.91 Å². The van der Waals surface area contributed by atoms with E-state index in [2.05, 4.69) is 10.6 Å². The van der Waals surface area contributed by atoms with E-state index in [1.165, 1.54) is 18.2 Å². The fourth-order valence-corrected chi connectivity index (χ4v) is 3.59. The predicted octanol–water partition coefficient (Wildman–Crippen LogP) is 6.30. The molecule has 2 N–H and O–H groups in total. The van der Waals surface area contributed by atoms with Crippen molar-refractivity contribution in [3.05, 3.63) is 85.6 Å². The average Bonchev–Trinajstić information content (AvgIpc) is 3.18. The Kier molecular flexibility index (Phi) is 7.29. The maximum atomic E-state index is 12.2. The van der Waals surface area contributed by atoms with Crippen LogP contribution in [0.25, 0.3) is 17.4 Å². The molecule has 1 amide bonds. The number of aryl methyl sites for hydroxylation is 1. The number of thiocarbonyl (C=S) groups is 1. The minimum atomic E-state index is -0.529. The summed E-state index contributed by atoms with van der Waals surface area (Å²) in [5.74, 6) is 0.434. The highest BCUT2D eigenvalue weighted by Gasteiger charge is 2.18. The Balaban J connectivity index is 1.67. The van der Waals surface area contributed by atoms with E-state index in [9.17, 15) is 14.9 Å². The van der Waals surface area contributed by atoms with Gasteiger partial charge in [0, 0.05) is 27.8 Å². The molecule has 2 aromatic carbocycles. The number of nitrogens with one attached hydrogen (secondary N) is 2. The van der Waals surface area contributed by atoms with Crippen LogP contribution in [0.15, 0.2) is 53.0 Å². The molecule has 0 unspecified atom stereocenters. The maximum absolute atomic E-state index is 12.2. The zero-order valence-corrected chi connectivity index (χ0v) is 19.3. The zero-order valence-electron chi connectivity index (χ0n) is 16.9. The monoisotopic (exact) mass is 489 g/mol. The summed E-state index contributed by atoms with van der Waals surface area (Å²) in [4.78, 5) is 23.0. The highest BCUT2D eigenvalue weighted by Crippen LogP contribution is 2.30. The molecule has 32 heavy (non-hydrogen) atoms. The van der Waals surface area contributed by atoms with Crippen LogP contribution in [0.4, 0.5) is 11.4 Å². The van der Waals surface area contributed by atoms with Gasteiger partial charge < -0.3 is 9.73 Å². The van der Waals surface area contributed by atoms with Crippen LogP contribution >= 0.6 is 35.4 Å². The topological polar surface area (TPSA) is 97.4 Å². The average molecular weight is 490 g/mol. The maximum Gasteiger partial charge on any atom is 0.293 e. The molecule has 0 aliphatic carbocycles. The summed E-state index contributed by atoms with van der Waals surface area (Å²) in [6.45, 7) is 3.56. The second-order valence-corrected chi connectivity index (χ2v) is 8.08. The van der Waals surface area contributed by atoms with E-state index < -0.39 is 10.8 Å². The number of hydrogen-bond acceptors (Lipinski definition) is 5. The van der Waals surface area contributed by atoms with Crippen molar-refractivity contribution in [2.45, 2.75) is 13.8 Å². The first kappa shape index (κ1) is 23.5. The highest BCUT2D eigenvalue weighted by molar-refractivity contribution is 7.80. The Morgan fingerprint density at radius 3 is 2.47 bits per heavy atom. The highest BCUT2D eigenvalue weighted by atomic mass is 35.5. The fraction of sp³-hybridized carbons (Fsp3) is 0.0909. The van der Waals surface area contributed by atoms with Gasteiger partial charge in [0.1, 0.15) is 17.2 Å². The number of halogens is 2. The molecule has 1 aromatic heterocycles. The van der Waals surface area contributed by atoms with Gasteiger partial charge >= 0.3 is 0 Å². The van der Waals surface area contributed by atoms with Gasteiger partial charge in [-0.3, -0.25) is 20.2 Å². The number of nitro benzene ring substituents is 1. The van der Waals surface area contributed by atoms with Crippen molar-refractivity contribution >= 4 is 63.9 Å². The summed E-state index contributed by atoms with van der Waals surface area (Å²) < 4.78 is 5.69. The molecular formula is C22H17Cl2N3O4S. The summed E-state index contributed by atoms with van der Waals surface area (Å²) in [5, 5.41) is 17.4. The third kappa shape index (κ3) is 5.73. The van der Waals surface area contributed by atoms with Crippen LogP contribution in [0.5, 0.6) is 0 Å². The van der Waals surface area contributed by atoms with Gasteiger partial charge in [0.15, 0.2) is 5.11 Å². The van der Waals surface area contributed by atoms with E-state index in [-0.39, 0.29) is 16.5 Å². The van der Waals surface area contributed by atoms with Crippen molar-refractivity contribution in [2.75, 3.05) is 5.32 Å². The van der Waals surface area contributed by atoms with Crippen LogP contribution in [-0.4, -0.2) is 15.9 Å². The molecule has 0 saturated carbocycles. The van der Waals surface area contributed by atoms with E-state index in [0.29, 0.717) is 32.7 Å². The molecule has 0 atom stereocenters. The molecule has 164 valence electrons. The largest absolute Gasteiger partial charge is 0.457 e. The molecule has 10 heteroatoms. The van der Waals surface area contributed by atoms with Gasteiger partial charge in [-0.05, 0) is 73.6 Å². The molecule has 0 aliphatic heterocycles. The Bertz CT molecular complexity index is 1230. The summed E-state index contributed by atoms with van der Waals surface area (Å²) >= 11 is 17.2. The third-order valence-electron chi connectivity index (χ3n) is 4.56. The molecule has 1 heterocycles. The molecule has 7 nitrogen and oxygen atoms in total. The predicted molar refractivity (Wildman–Crippen MR) is 130 cm³/mol. The lowest BCUT2D eigenvalue weighted by Gasteiger charge is -2.12. The second kappa shape index (κ2) is 9.95. The van der Waals surface area contributed by atoms with Crippen LogP contribution in [-0.2, 0) is 4.79 Å². The van der Waals surface area contributed by atoms with Crippen LogP contribution in [0.2, 0.25) is 10.0 Å². The molecule has 0 saturated heterocycles. The number of nitro groups is 1. The summed E-state index contributed by atoms with van der Waals surface area (Å²) in [7, 11) is 0. The number of anilines is 1. The van der Waals surface area contributed by atoms with Crippen LogP contribution in [0.3, 0.4) is 0 Å². The molecule has 3 aromatic rings. The molecule has 3 rings (SSSR count). The molecule has 0 spiro atoms. The van der Waals surface area contributed by atoms with Crippen molar-refractivity contribution in [3.63, 3.8) is 0 Å². The van der Waals surface area contributed by atoms with Gasteiger partial charge in [-0.25, -0.2) is 0 Å². The van der Waals surface area contributed by atoms with Gasteiger partial charge in [0.05, 0.1) is 4.92 Å². The number of carbonyl (C=O) groups is 1. The number of carbonyl (C=O) groups excluding carboxylic acids is 1. The number of nitrogens with zero attached hydrogens (tertiary/aromatic N) is 1. The van der Waals surface area contributed by atoms with Crippen LogP contribution in [0, 0.1) is 24.0 Å². The first-order valence-electron chi connectivity index (χ1n) is 9.25. The lowest BCUT2D eigenvalue weighted by atomic mass is 10.1. The lowest BCUT2D eigenvalue weighted by Crippen LogP contribution is -2.33. The van der Waals surface area contributed by atoms with Crippen molar-refractivity contribution in [2.24, 2.45) is 0 Å². The molecular weight excluding hydrogens is 473 g/mol. The SMILES string of the molecule is Cc1ccc([N+](=O)[O-])c(NC(=S)NC(=O)/C=C/c2ccc(-c3cc(Cl)cc(Cl)c3)o2)c1C. The summed E-state index contributed by atoms with van der Waals surface area (Å²) in [6, 6.07) is 11.5. The lowest BCUT2D eigenvalue weighted by molar-refractivity contribution is -0.383. The van der Waals surface area contributed by atoms with Gasteiger partial charge in [-0.1, -0.05) is 29.3 Å². The number of rotatable bonds is 5.